The minimum absolute atomic E-state index is 0.173. The van der Waals surface area contributed by atoms with Crippen LogP contribution in [0.5, 0.6) is 0 Å². The maximum absolute atomic E-state index is 11.5. The summed E-state index contributed by atoms with van der Waals surface area (Å²) in [7, 11) is 1.88. The quantitative estimate of drug-likeness (QED) is 0.203. The molecule has 0 bridgehead atoms. The second-order valence-corrected chi connectivity index (χ2v) is 9.67. The first-order valence-corrected chi connectivity index (χ1v) is 12.2. The van der Waals surface area contributed by atoms with Gasteiger partial charge in [-0.1, -0.05) is 0 Å². The van der Waals surface area contributed by atoms with E-state index in [0.717, 1.165) is 50.8 Å². The van der Waals surface area contributed by atoms with Crippen LogP contribution in [0.1, 0.15) is 20.8 Å². The third-order valence-electron chi connectivity index (χ3n) is 5.98. The molecule has 12 heteroatoms. The van der Waals surface area contributed by atoms with Crippen molar-refractivity contribution in [2.45, 2.75) is 13.5 Å². The number of carbonyl (C=O) groups excluding carboxylic acids is 1. The first-order chi connectivity index (χ1) is 17.4. The Labute approximate surface area is 211 Å². The molecule has 1 amide bonds. The monoisotopic (exact) mass is 506 g/mol. The van der Waals surface area contributed by atoms with Crippen LogP contribution in [0.15, 0.2) is 36.7 Å². The Morgan fingerprint density at radius 1 is 1.22 bits per heavy atom. The molecule has 4 aromatic rings. The normalized spacial score (nSPS) is 13.7. The molecule has 5 rings (SSSR count). The van der Waals surface area contributed by atoms with Crippen molar-refractivity contribution in [3.8, 4) is 11.4 Å². The van der Waals surface area contributed by atoms with Gasteiger partial charge in [0.25, 0.3) is 5.91 Å². The van der Waals surface area contributed by atoms with E-state index in [0.29, 0.717) is 31.5 Å². The molecular formula is C24H26N8O3S. The molecule has 4 heterocycles. The fourth-order valence-electron chi connectivity index (χ4n) is 3.98. The maximum atomic E-state index is 11.5. The third kappa shape index (κ3) is 4.78. The number of aryl methyl sites for hydroxylation is 1. The van der Waals surface area contributed by atoms with Crippen molar-refractivity contribution in [1.82, 2.24) is 25.4 Å². The fraction of sp³-hybridized carbons (Fsp3) is 0.292. The van der Waals surface area contributed by atoms with E-state index in [1.165, 1.54) is 12.4 Å². The maximum Gasteiger partial charge on any atom is 0.277 e. The molecular weight excluding hydrogens is 480 g/mol. The first kappa shape index (κ1) is 23.9. The Balaban J connectivity index is 1.49. The van der Waals surface area contributed by atoms with Gasteiger partial charge in [0, 0.05) is 48.7 Å². The molecule has 11 nitrogen and oxygen atoms in total. The van der Waals surface area contributed by atoms with Gasteiger partial charge >= 0.3 is 0 Å². The van der Waals surface area contributed by atoms with Gasteiger partial charge < -0.3 is 20.3 Å². The molecule has 36 heavy (non-hydrogen) atoms. The van der Waals surface area contributed by atoms with Gasteiger partial charge in [-0.05, 0) is 36.8 Å². The van der Waals surface area contributed by atoms with Crippen LogP contribution in [-0.4, -0.2) is 64.4 Å². The topological polar surface area (TPSA) is 143 Å². The number of benzene rings is 1. The van der Waals surface area contributed by atoms with Gasteiger partial charge in [-0.3, -0.25) is 10.0 Å². The highest BCUT2D eigenvalue weighted by Gasteiger charge is 2.21. The van der Waals surface area contributed by atoms with Crippen molar-refractivity contribution in [3.05, 3.63) is 52.7 Å². The standard InChI is InChI=1S/C24H26N8O3S/c1-14-9-15(3-4-18(14)25)21-28-19-10-17(36-20(19)22(29-21)32-5-7-35-8-6-32)13-31(2)24-26-11-16(12-27-24)23(33)30-34/h3-4,9-12,34H,5-8,13,25H2,1-2H3,(H,30,33). The molecule has 4 N–H and O–H groups in total. The number of anilines is 3. The summed E-state index contributed by atoms with van der Waals surface area (Å²) in [5.41, 5.74) is 11.3. The van der Waals surface area contributed by atoms with Gasteiger partial charge in [0.1, 0.15) is 0 Å². The Hall–Kier alpha value is -3.87. The van der Waals surface area contributed by atoms with Crippen LogP contribution in [0, 0.1) is 6.92 Å². The number of nitrogens with zero attached hydrogens (tertiary/aromatic N) is 6. The van der Waals surface area contributed by atoms with E-state index in [1.807, 2.05) is 37.1 Å². The average molecular weight is 507 g/mol. The van der Waals surface area contributed by atoms with E-state index in [1.54, 1.807) is 16.8 Å². The van der Waals surface area contributed by atoms with Crippen LogP contribution in [0.4, 0.5) is 17.5 Å². The van der Waals surface area contributed by atoms with Crippen LogP contribution in [0.2, 0.25) is 0 Å². The lowest BCUT2D eigenvalue weighted by molar-refractivity contribution is 0.0705. The number of morpholine rings is 1. The number of ether oxygens (including phenoxy) is 1. The van der Waals surface area contributed by atoms with Crippen LogP contribution < -0.4 is 21.0 Å². The largest absolute Gasteiger partial charge is 0.399 e. The zero-order chi connectivity index (χ0) is 25.2. The zero-order valence-corrected chi connectivity index (χ0v) is 20.7. The van der Waals surface area contributed by atoms with Gasteiger partial charge in [-0.2, -0.15) is 0 Å². The molecule has 0 aliphatic carbocycles. The molecule has 0 spiro atoms. The van der Waals surface area contributed by atoms with Crippen LogP contribution in [0.3, 0.4) is 0 Å². The number of thiophene rings is 1. The number of aromatic nitrogens is 4. The summed E-state index contributed by atoms with van der Waals surface area (Å²) < 4.78 is 6.58. The van der Waals surface area contributed by atoms with Crippen LogP contribution >= 0.6 is 11.3 Å². The summed E-state index contributed by atoms with van der Waals surface area (Å²) >= 11 is 1.64. The van der Waals surface area contributed by atoms with Crippen molar-refractivity contribution in [2.75, 3.05) is 48.9 Å². The van der Waals surface area contributed by atoms with Gasteiger partial charge in [0.05, 0.1) is 35.5 Å². The highest BCUT2D eigenvalue weighted by molar-refractivity contribution is 7.19. The number of nitrogens with one attached hydrogen (secondary N) is 1. The van der Waals surface area contributed by atoms with E-state index >= 15 is 0 Å². The van der Waals surface area contributed by atoms with Crippen molar-refractivity contribution in [3.63, 3.8) is 0 Å². The molecule has 0 atom stereocenters. The lowest BCUT2D eigenvalue weighted by Crippen LogP contribution is -2.36. The molecule has 1 fully saturated rings. The number of carbonyl (C=O) groups is 1. The average Bonchev–Trinajstić information content (AvgIpc) is 3.32. The van der Waals surface area contributed by atoms with E-state index in [-0.39, 0.29) is 5.56 Å². The zero-order valence-electron chi connectivity index (χ0n) is 19.9. The molecule has 1 aromatic carbocycles. The second kappa shape index (κ2) is 10.0. The number of hydrogen-bond donors (Lipinski definition) is 3. The molecule has 0 unspecified atom stereocenters. The smallest absolute Gasteiger partial charge is 0.277 e. The number of nitrogen functional groups attached to an aromatic ring is 1. The summed E-state index contributed by atoms with van der Waals surface area (Å²) in [4.78, 5) is 35.1. The number of hydroxylamine groups is 1. The minimum Gasteiger partial charge on any atom is -0.399 e. The highest BCUT2D eigenvalue weighted by Crippen LogP contribution is 2.35. The van der Waals surface area contributed by atoms with Gasteiger partial charge in [0.2, 0.25) is 5.95 Å². The molecule has 1 aliphatic rings. The molecule has 1 saturated heterocycles. The fourth-order valence-corrected chi connectivity index (χ4v) is 5.15. The Kier molecular flexibility index (Phi) is 6.63. The van der Waals surface area contributed by atoms with Crippen molar-refractivity contribution >= 4 is 44.9 Å². The third-order valence-corrected chi connectivity index (χ3v) is 7.08. The van der Waals surface area contributed by atoms with Crippen LogP contribution in [0.25, 0.3) is 21.6 Å². The summed E-state index contributed by atoms with van der Waals surface area (Å²) in [5.74, 6) is 1.36. The molecule has 1 aliphatic heterocycles. The predicted molar refractivity (Wildman–Crippen MR) is 138 cm³/mol. The van der Waals surface area contributed by atoms with Crippen LogP contribution in [-0.2, 0) is 11.3 Å². The Bertz CT molecular complexity index is 1400. The van der Waals surface area contributed by atoms with E-state index < -0.39 is 5.91 Å². The van der Waals surface area contributed by atoms with Gasteiger partial charge in [0.15, 0.2) is 11.6 Å². The molecule has 186 valence electrons. The van der Waals surface area contributed by atoms with Crippen molar-refractivity contribution < 1.29 is 14.7 Å². The predicted octanol–water partition coefficient (Wildman–Crippen LogP) is 2.63. The molecule has 3 aromatic heterocycles. The lowest BCUT2D eigenvalue weighted by Gasteiger charge is -2.28. The number of amides is 1. The summed E-state index contributed by atoms with van der Waals surface area (Å²) in [6.45, 7) is 5.37. The number of hydrogen-bond acceptors (Lipinski definition) is 11. The van der Waals surface area contributed by atoms with E-state index in [9.17, 15) is 4.79 Å². The first-order valence-electron chi connectivity index (χ1n) is 11.4. The molecule has 0 saturated carbocycles. The Morgan fingerprint density at radius 3 is 2.67 bits per heavy atom. The van der Waals surface area contributed by atoms with Crippen molar-refractivity contribution in [2.24, 2.45) is 0 Å². The van der Waals surface area contributed by atoms with Gasteiger partial charge in [-0.25, -0.2) is 25.4 Å². The lowest BCUT2D eigenvalue weighted by atomic mass is 10.1. The number of rotatable bonds is 6. The van der Waals surface area contributed by atoms with Gasteiger partial charge in [-0.15, -0.1) is 11.3 Å². The minimum atomic E-state index is -0.657. The second-order valence-electron chi connectivity index (χ2n) is 8.54. The molecule has 0 radical (unpaired) electrons. The van der Waals surface area contributed by atoms with E-state index in [2.05, 4.69) is 20.9 Å². The van der Waals surface area contributed by atoms with Crippen molar-refractivity contribution in [1.29, 1.82) is 0 Å². The summed E-state index contributed by atoms with van der Waals surface area (Å²) in [5, 5.41) is 8.77. The SMILES string of the molecule is Cc1cc(-c2nc(N3CCOCC3)c3sc(CN(C)c4ncc(C(=O)NO)cn4)cc3n2)ccc1N. The highest BCUT2D eigenvalue weighted by atomic mass is 32.1. The number of fused-ring (bicyclic) bond motifs is 1. The number of nitrogens with two attached hydrogens (primary N) is 1. The Morgan fingerprint density at radius 2 is 1.97 bits per heavy atom. The van der Waals surface area contributed by atoms with E-state index in [4.69, 9.17) is 25.6 Å². The summed E-state index contributed by atoms with van der Waals surface area (Å²) in [6, 6.07) is 7.92. The summed E-state index contributed by atoms with van der Waals surface area (Å²) in [6.07, 6.45) is 2.75.